The van der Waals surface area contributed by atoms with E-state index in [1.54, 1.807) is 0 Å². The van der Waals surface area contributed by atoms with Crippen LogP contribution in [0.2, 0.25) is 0 Å². The van der Waals surface area contributed by atoms with Crippen molar-refractivity contribution in [3.8, 4) is 0 Å². The minimum absolute atomic E-state index is 0. The fourth-order valence-electron chi connectivity index (χ4n) is 1.48. The van der Waals surface area contributed by atoms with E-state index in [4.69, 9.17) is 0 Å². The van der Waals surface area contributed by atoms with Gasteiger partial charge in [-0.1, -0.05) is 18.2 Å². The molecule has 0 radical (unpaired) electrons. The summed E-state index contributed by atoms with van der Waals surface area (Å²) in [5.74, 6) is -2.81. The Morgan fingerprint density at radius 2 is 1.24 bits per heavy atom. The summed E-state index contributed by atoms with van der Waals surface area (Å²) in [6.07, 6.45) is 5.28. The Bertz CT molecular complexity index is 388. The van der Waals surface area contributed by atoms with Crippen molar-refractivity contribution in [3.63, 3.8) is 0 Å². The largest absolute Gasteiger partial charge is 0.545 e. The average molecular weight is 300 g/mol. The van der Waals surface area contributed by atoms with E-state index in [0.717, 1.165) is 19.2 Å². The SMILES string of the molecule is O.O=C([O-])c1cccc(C(=O)[O-])c1.[NH3+]CCCCCC[NH3+]. The Balaban J connectivity index is 0. The van der Waals surface area contributed by atoms with E-state index in [0.29, 0.717) is 0 Å². The summed E-state index contributed by atoms with van der Waals surface area (Å²) in [6.45, 7) is 2.19. The van der Waals surface area contributed by atoms with Gasteiger partial charge in [0, 0.05) is 0 Å². The summed E-state index contributed by atoms with van der Waals surface area (Å²) < 4.78 is 0. The maximum absolute atomic E-state index is 10.3. The second-order valence-corrected chi connectivity index (χ2v) is 4.28. The highest BCUT2D eigenvalue weighted by atomic mass is 16.4. The zero-order chi connectivity index (χ0) is 15.4. The van der Waals surface area contributed by atoms with Crippen LogP contribution in [-0.2, 0) is 0 Å². The summed E-state index contributed by atoms with van der Waals surface area (Å²) >= 11 is 0. The van der Waals surface area contributed by atoms with Crippen LogP contribution >= 0.6 is 0 Å². The number of quaternary nitrogens is 2. The lowest BCUT2D eigenvalue weighted by molar-refractivity contribution is -0.371. The quantitative estimate of drug-likeness (QED) is 0.501. The minimum Gasteiger partial charge on any atom is -0.545 e. The van der Waals surface area contributed by atoms with Crippen LogP contribution in [0, 0.1) is 0 Å². The fourth-order valence-corrected chi connectivity index (χ4v) is 1.48. The molecule has 0 saturated carbocycles. The minimum atomic E-state index is -1.40. The van der Waals surface area contributed by atoms with Gasteiger partial charge in [-0.15, -0.1) is 0 Å². The molecule has 0 atom stereocenters. The summed E-state index contributed by atoms with van der Waals surface area (Å²) in [5, 5.41) is 20.5. The molecule has 7 heteroatoms. The first-order valence-electron chi connectivity index (χ1n) is 6.64. The van der Waals surface area contributed by atoms with Crippen molar-refractivity contribution < 1.29 is 36.7 Å². The number of benzene rings is 1. The van der Waals surface area contributed by atoms with Gasteiger partial charge in [-0.3, -0.25) is 0 Å². The zero-order valence-corrected chi connectivity index (χ0v) is 12.1. The van der Waals surface area contributed by atoms with Crippen molar-refractivity contribution in [3.05, 3.63) is 35.4 Å². The van der Waals surface area contributed by atoms with Crippen molar-refractivity contribution in [2.75, 3.05) is 13.1 Å². The molecule has 0 aliphatic rings. The molecule has 7 nitrogen and oxygen atoms in total. The van der Waals surface area contributed by atoms with Gasteiger partial charge >= 0.3 is 0 Å². The van der Waals surface area contributed by atoms with Gasteiger partial charge in [-0.25, -0.2) is 0 Å². The van der Waals surface area contributed by atoms with Crippen molar-refractivity contribution in [2.45, 2.75) is 25.7 Å². The third-order valence-corrected chi connectivity index (χ3v) is 2.58. The van der Waals surface area contributed by atoms with Gasteiger partial charge in [0.2, 0.25) is 0 Å². The second-order valence-electron chi connectivity index (χ2n) is 4.28. The molecule has 0 heterocycles. The molecule has 0 bridgehead atoms. The van der Waals surface area contributed by atoms with Gasteiger partial charge in [-0.05, 0) is 42.9 Å². The van der Waals surface area contributed by atoms with Crippen LogP contribution < -0.4 is 21.7 Å². The number of carboxylic acid groups (broad SMARTS) is 2. The van der Waals surface area contributed by atoms with E-state index < -0.39 is 11.9 Å². The maximum atomic E-state index is 10.3. The number of aromatic carboxylic acids is 2. The molecule has 0 spiro atoms. The van der Waals surface area contributed by atoms with E-state index in [1.807, 2.05) is 0 Å². The van der Waals surface area contributed by atoms with Crippen LogP contribution in [0.25, 0.3) is 0 Å². The predicted molar refractivity (Wildman–Crippen MR) is 72.7 cm³/mol. The Labute approximate surface area is 123 Å². The van der Waals surface area contributed by atoms with Crippen LogP contribution in [0.4, 0.5) is 0 Å². The highest BCUT2D eigenvalue weighted by Gasteiger charge is 1.96. The molecule has 0 saturated heterocycles. The molecule has 0 aliphatic carbocycles. The standard InChI is InChI=1S/C8H6O4.C6H16N2.H2O/c9-7(10)5-2-1-3-6(4-5)8(11)12;7-5-3-1-2-4-6-8;/h1-4H,(H,9,10)(H,11,12);1-8H2;1H2. The number of hydrogen-bond acceptors (Lipinski definition) is 4. The van der Waals surface area contributed by atoms with Gasteiger partial charge in [-0.2, -0.15) is 0 Å². The van der Waals surface area contributed by atoms with Crippen molar-refractivity contribution >= 4 is 11.9 Å². The van der Waals surface area contributed by atoms with Crippen LogP contribution in [-0.4, -0.2) is 30.5 Å². The first-order valence-corrected chi connectivity index (χ1v) is 6.64. The molecule has 0 aromatic heterocycles. The fraction of sp³-hybridized carbons (Fsp3) is 0.429. The summed E-state index contributed by atoms with van der Waals surface area (Å²) in [6, 6.07) is 4.81. The number of carboxylic acids is 2. The summed E-state index contributed by atoms with van der Waals surface area (Å²) in [7, 11) is 0. The third-order valence-electron chi connectivity index (χ3n) is 2.58. The van der Waals surface area contributed by atoms with Crippen molar-refractivity contribution in [2.24, 2.45) is 0 Å². The van der Waals surface area contributed by atoms with Gasteiger partial charge in [0.1, 0.15) is 0 Å². The van der Waals surface area contributed by atoms with Crippen molar-refractivity contribution in [1.29, 1.82) is 0 Å². The Morgan fingerprint density at radius 1 is 0.857 bits per heavy atom. The van der Waals surface area contributed by atoms with Crippen LogP contribution in [0.1, 0.15) is 46.4 Å². The number of carbonyl (C=O) groups is 2. The molecule has 0 amide bonds. The molecular formula is C14H24N2O5. The third kappa shape index (κ3) is 10.5. The van der Waals surface area contributed by atoms with E-state index in [-0.39, 0.29) is 16.6 Å². The maximum Gasteiger partial charge on any atom is 0.0739 e. The van der Waals surface area contributed by atoms with Gasteiger partial charge < -0.3 is 36.7 Å². The first-order chi connectivity index (χ1) is 9.52. The Morgan fingerprint density at radius 3 is 1.52 bits per heavy atom. The smallest absolute Gasteiger partial charge is 0.0739 e. The molecule has 0 unspecified atom stereocenters. The molecule has 0 fully saturated rings. The molecule has 1 aromatic rings. The van der Waals surface area contributed by atoms with E-state index in [1.165, 1.54) is 43.9 Å². The molecular weight excluding hydrogens is 276 g/mol. The van der Waals surface area contributed by atoms with Gasteiger partial charge in [0.15, 0.2) is 0 Å². The molecule has 8 N–H and O–H groups in total. The average Bonchev–Trinajstić information content (AvgIpc) is 2.44. The van der Waals surface area contributed by atoms with Crippen molar-refractivity contribution in [1.82, 2.24) is 0 Å². The molecule has 1 aromatic carbocycles. The lowest BCUT2D eigenvalue weighted by Crippen LogP contribution is -2.50. The molecule has 1 rings (SSSR count). The summed E-state index contributed by atoms with van der Waals surface area (Å²) in [5.41, 5.74) is 7.20. The predicted octanol–water partition coefficient (Wildman–Crippen LogP) is -3.38. The number of hydrogen-bond donors (Lipinski definition) is 2. The lowest BCUT2D eigenvalue weighted by Gasteiger charge is -2.05. The van der Waals surface area contributed by atoms with Crippen LogP contribution in [0.5, 0.6) is 0 Å². The highest BCUT2D eigenvalue weighted by Crippen LogP contribution is 2.02. The number of carbonyl (C=O) groups excluding carboxylic acids is 2. The first kappa shape index (κ1) is 21.3. The second kappa shape index (κ2) is 13.0. The van der Waals surface area contributed by atoms with E-state index >= 15 is 0 Å². The van der Waals surface area contributed by atoms with Gasteiger partial charge in [0.25, 0.3) is 0 Å². The van der Waals surface area contributed by atoms with E-state index in [2.05, 4.69) is 11.5 Å². The normalized spacial score (nSPS) is 9.05. The molecule has 21 heavy (non-hydrogen) atoms. The topological polar surface area (TPSA) is 167 Å². The Hall–Kier alpha value is -1.96. The highest BCUT2D eigenvalue weighted by molar-refractivity contribution is 5.91. The summed E-state index contributed by atoms with van der Waals surface area (Å²) in [4.78, 5) is 20.5. The Kier molecular flexibility index (Phi) is 13.3. The van der Waals surface area contributed by atoms with E-state index in [9.17, 15) is 19.8 Å². The molecule has 0 aliphatic heterocycles. The molecule has 120 valence electrons. The van der Waals surface area contributed by atoms with Crippen LogP contribution in [0.3, 0.4) is 0 Å². The zero-order valence-electron chi connectivity index (χ0n) is 12.1. The monoisotopic (exact) mass is 300 g/mol. The van der Waals surface area contributed by atoms with Gasteiger partial charge in [0.05, 0.1) is 25.0 Å². The number of rotatable bonds is 7. The lowest BCUT2D eigenvalue weighted by atomic mass is 10.1. The van der Waals surface area contributed by atoms with Crippen LogP contribution in [0.15, 0.2) is 24.3 Å². The number of unbranched alkanes of at least 4 members (excludes halogenated alkanes) is 3.